The lowest BCUT2D eigenvalue weighted by atomic mass is 9.78. The van der Waals surface area contributed by atoms with Crippen molar-refractivity contribution >= 4 is 17.8 Å². The summed E-state index contributed by atoms with van der Waals surface area (Å²) in [5.41, 5.74) is 4.46. The average Bonchev–Trinajstić information content (AvgIpc) is 2.88. The number of fused-ring (bicyclic) bond motifs is 5. The molecule has 1 amide bonds. The van der Waals surface area contributed by atoms with Crippen molar-refractivity contribution in [3.8, 4) is 0 Å². The summed E-state index contributed by atoms with van der Waals surface area (Å²) in [6.07, 6.45) is 5.81. The highest BCUT2D eigenvalue weighted by molar-refractivity contribution is 5.89. The van der Waals surface area contributed by atoms with Gasteiger partial charge in [-0.05, 0) is 34.7 Å². The van der Waals surface area contributed by atoms with Crippen LogP contribution < -0.4 is 22.3 Å². The molecule has 3 saturated heterocycles. The fourth-order valence-corrected chi connectivity index (χ4v) is 6.21. The van der Waals surface area contributed by atoms with Crippen LogP contribution in [-0.2, 0) is 20.7 Å². The van der Waals surface area contributed by atoms with E-state index in [1.165, 1.54) is 11.1 Å². The third kappa shape index (κ3) is 4.67. The molecule has 0 radical (unpaired) electrons. The normalized spacial score (nSPS) is 24.1. The molecule has 3 aromatic rings. The van der Waals surface area contributed by atoms with Gasteiger partial charge in [-0.1, -0.05) is 48.5 Å². The number of nitrogens with one attached hydrogen (secondary N) is 1. The smallest absolute Gasteiger partial charge is 0.318 e. The van der Waals surface area contributed by atoms with Gasteiger partial charge in [0, 0.05) is 31.2 Å². The van der Waals surface area contributed by atoms with Crippen LogP contribution in [0.5, 0.6) is 0 Å². The van der Waals surface area contributed by atoms with Crippen molar-refractivity contribution in [2.75, 3.05) is 31.5 Å². The van der Waals surface area contributed by atoms with Crippen LogP contribution in [0.4, 0.5) is 5.95 Å². The topological polar surface area (TPSA) is 81.2 Å². The van der Waals surface area contributed by atoms with Crippen molar-refractivity contribution < 1.29 is 35.8 Å². The molecule has 3 aliphatic heterocycles. The summed E-state index contributed by atoms with van der Waals surface area (Å²) >= 11 is 0. The van der Waals surface area contributed by atoms with Crippen LogP contribution in [0.2, 0.25) is 0 Å². The van der Waals surface area contributed by atoms with Crippen molar-refractivity contribution in [1.29, 1.82) is 0 Å². The second kappa shape index (κ2) is 10.1. The number of carbonyl (C=O) groups is 2. The monoisotopic (exact) mass is 548 g/mol. The van der Waals surface area contributed by atoms with Crippen molar-refractivity contribution in [3.05, 3.63) is 89.2 Å². The molecule has 4 aliphatic rings. The maximum absolute atomic E-state index is 13.7. The first-order chi connectivity index (χ1) is 17.1. The van der Waals surface area contributed by atoms with E-state index in [0.717, 1.165) is 43.5 Å². The number of halogens is 1. The number of quaternary nitrogens is 1. The predicted octanol–water partition coefficient (Wildman–Crippen LogP) is 0.308. The van der Waals surface area contributed by atoms with Crippen molar-refractivity contribution in [1.82, 2.24) is 9.97 Å². The van der Waals surface area contributed by atoms with Gasteiger partial charge in [-0.15, -0.1) is 0 Å². The van der Waals surface area contributed by atoms with Gasteiger partial charge in [-0.2, -0.15) is 0 Å². The van der Waals surface area contributed by atoms with Crippen LogP contribution in [0.25, 0.3) is 0 Å². The quantitative estimate of drug-likeness (QED) is 0.366. The molecule has 2 bridgehead atoms. The first-order valence-electron chi connectivity index (χ1n) is 12.4. The highest BCUT2D eigenvalue weighted by Crippen LogP contribution is 2.40. The number of esters is 1. The van der Waals surface area contributed by atoms with Gasteiger partial charge in [-0.3, -0.25) is 14.9 Å². The molecular weight excluding hydrogens is 520 g/mol. The SMILES string of the molecule is O=C(C[N+]12CCC(CC1)[C@@H](OC(=O)C1c3ccccc3Cc3ccccc31)C2)Nc1ncccn1.[Br-]. The second-order valence-electron chi connectivity index (χ2n) is 10.1. The fraction of sp³-hybridized carbons (Fsp3) is 0.357. The Balaban J connectivity index is 0.00000267. The molecule has 36 heavy (non-hydrogen) atoms. The van der Waals surface area contributed by atoms with Crippen molar-refractivity contribution in [2.45, 2.75) is 31.3 Å². The number of hydrogen-bond donors (Lipinski definition) is 1. The van der Waals surface area contributed by atoms with Crippen LogP contribution in [0, 0.1) is 5.92 Å². The Morgan fingerprint density at radius 1 is 0.917 bits per heavy atom. The van der Waals surface area contributed by atoms with Crippen molar-refractivity contribution in [3.63, 3.8) is 0 Å². The molecule has 1 atom stereocenters. The number of benzene rings is 2. The molecule has 3 fully saturated rings. The zero-order chi connectivity index (χ0) is 23.8. The van der Waals surface area contributed by atoms with Crippen LogP contribution in [0.1, 0.15) is 41.0 Å². The number of ether oxygens (including phenoxy) is 1. The molecule has 7 rings (SSSR count). The van der Waals surface area contributed by atoms with Crippen molar-refractivity contribution in [2.24, 2.45) is 5.92 Å². The maximum Gasteiger partial charge on any atom is 0.318 e. The Hall–Kier alpha value is -3.10. The van der Waals surface area contributed by atoms with E-state index in [9.17, 15) is 9.59 Å². The lowest BCUT2D eigenvalue weighted by Crippen LogP contribution is -3.00. The number of rotatable bonds is 5. The second-order valence-corrected chi connectivity index (χ2v) is 10.1. The van der Waals surface area contributed by atoms with Gasteiger partial charge in [-0.25, -0.2) is 9.97 Å². The lowest BCUT2D eigenvalue weighted by Gasteiger charge is -2.51. The minimum absolute atomic E-state index is 0. The van der Waals surface area contributed by atoms with Gasteiger partial charge in [0.25, 0.3) is 5.91 Å². The summed E-state index contributed by atoms with van der Waals surface area (Å²) in [6.45, 7) is 2.87. The fourth-order valence-electron chi connectivity index (χ4n) is 6.21. The Kier molecular flexibility index (Phi) is 6.90. The zero-order valence-corrected chi connectivity index (χ0v) is 21.6. The molecule has 0 unspecified atom stereocenters. The average molecular weight is 549 g/mol. The van der Waals surface area contributed by atoms with E-state index in [4.69, 9.17) is 4.74 Å². The summed E-state index contributed by atoms with van der Waals surface area (Å²) < 4.78 is 6.94. The first kappa shape index (κ1) is 24.6. The van der Waals surface area contributed by atoms with E-state index in [2.05, 4.69) is 39.6 Å². The van der Waals surface area contributed by atoms with Gasteiger partial charge in [0.05, 0.1) is 13.1 Å². The van der Waals surface area contributed by atoms with Gasteiger partial charge < -0.3 is 26.2 Å². The molecule has 2 aromatic carbocycles. The molecule has 7 nitrogen and oxygen atoms in total. The number of amides is 1. The molecule has 186 valence electrons. The van der Waals surface area contributed by atoms with E-state index >= 15 is 0 Å². The Bertz CT molecular complexity index is 1210. The van der Waals surface area contributed by atoms with E-state index in [1.807, 2.05) is 24.3 Å². The van der Waals surface area contributed by atoms with E-state index in [1.54, 1.807) is 18.5 Å². The number of hydrogen-bond acceptors (Lipinski definition) is 5. The van der Waals surface area contributed by atoms with Gasteiger partial charge in [0.1, 0.15) is 12.5 Å². The number of anilines is 1. The number of piperidine rings is 3. The molecule has 1 aliphatic carbocycles. The number of carbonyl (C=O) groups excluding carboxylic acids is 2. The standard InChI is InChI=1S/C28H28N4O3.BrH/c33-25(31-28-29-12-5-13-30-28)18-32-14-10-19(11-15-32)24(17-32)35-27(34)26-22-8-3-1-6-20(22)16-21-7-2-4-9-23(21)26;/h1-9,12-13,19,24,26H,10-11,14-18H2;1H/t19?,24-,32?;/m0./s1. The molecular formula is C28H29BrN4O3. The summed E-state index contributed by atoms with van der Waals surface area (Å²) in [5, 5.41) is 2.81. The largest absolute Gasteiger partial charge is 1.00 e. The van der Waals surface area contributed by atoms with Gasteiger partial charge >= 0.3 is 5.97 Å². The van der Waals surface area contributed by atoms with Gasteiger partial charge in [0.2, 0.25) is 5.95 Å². The zero-order valence-electron chi connectivity index (χ0n) is 20.0. The molecule has 1 N–H and O–H groups in total. The molecule has 0 saturated carbocycles. The first-order valence-corrected chi connectivity index (χ1v) is 12.4. The Morgan fingerprint density at radius 3 is 2.17 bits per heavy atom. The predicted molar refractivity (Wildman–Crippen MR) is 131 cm³/mol. The van der Waals surface area contributed by atoms with E-state index in [0.29, 0.717) is 29.4 Å². The number of nitrogens with zero attached hydrogens (tertiary/aromatic N) is 3. The third-order valence-corrected chi connectivity index (χ3v) is 7.95. The third-order valence-electron chi connectivity index (χ3n) is 7.95. The Labute approximate surface area is 221 Å². The summed E-state index contributed by atoms with van der Waals surface area (Å²) in [4.78, 5) is 34.7. The van der Waals surface area contributed by atoms with Gasteiger partial charge in [0.15, 0.2) is 12.6 Å². The maximum atomic E-state index is 13.7. The summed E-state index contributed by atoms with van der Waals surface area (Å²) in [7, 11) is 0. The highest BCUT2D eigenvalue weighted by Gasteiger charge is 2.49. The summed E-state index contributed by atoms with van der Waals surface area (Å²) in [5.74, 6) is -0.00673. The molecule has 0 spiro atoms. The van der Waals surface area contributed by atoms with E-state index < -0.39 is 5.92 Å². The van der Waals surface area contributed by atoms with Crippen LogP contribution in [0.15, 0.2) is 67.0 Å². The van der Waals surface area contributed by atoms with E-state index in [-0.39, 0.29) is 35.0 Å². The minimum atomic E-state index is -0.404. The lowest BCUT2D eigenvalue weighted by molar-refractivity contribution is -0.938. The van der Waals surface area contributed by atoms with Crippen LogP contribution in [0.3, 0.4) is 0 Å². The van der Waals surface area contributed by atoms with Crippen LogP contribution in [-0.4, -0.2) is 58.6 Å². The number of aromatic nitrogens is 2. The Morgan fingerprint density at radius 2 is 1.53 bits per heavy atom. The minimum Gasteiger partial charge on any atom is -1.00 e. The molecule has 4 heterocycles. The highest BCUT2D eigenvalue weighted by atomic mass is 79.9. The van der Waals surface area contributed by atoms with Crippen LogP contribution >= 0.6 is 0 Å². The molecule has 1 aromatic heterocycles. The summed E-state index contributed by atoms with van der Waals surface area (Å²) in [6, 6.07) is 18.1. The molecule has 8 heteroatoms.